The van der Waals surface area contributed by atoms with Crippen molar-refractivity contribution in [2.45, 2.75) is 58.5 Å². The third-order valence-corrected chi connectivity index (χ3v) is 2.16. The normalized spacial score (nSPS) is 35.9. The van der Waals surface area contributed by atoms with Gasteiger partial charge in [-0.25, -0.2) is 0 Å². The van der Waals surface area contributed by atoms with Crippen LogP contribution in [0, 0.1) is 5.89 Å². The van der Waals surface area contributed by atoms with E-state index in [1.807, 2.05) is 6.92 Å². The second kappa shape index (κ2) is 2.48. The molecule has 1 rings (SSSR count). The Kier molecular flexibility index (Phi) is 1.26. The van der Waals surface area contributed by atoms with Crippen molar-refractivity contribution in [1.29, 1.82) is 0 Å². The molecule has 0 aromatic rings. The smallest absolute Gasteiger partial charge is 0.0301 e. The van der Waals surface area contributed by atoms with Crippen LogP contribution in [0.4, 0.5) is 0 Å². The highest BCUT2D eigenvalue weighted by Crippen LogP contribution is 2.31. The van der Waals surface area contributed by atoms with E-state index in [9.17, 15) is 0 Å². The van der Waals surface area contributed by atoms with E-state index >= 15 is 0 Å². The van der Waals surface area contributed by atoms with Crippen molar-refractivity contribution in [2.24, 2.45) is 5.89 Å². The molecular formula is C10H25N. The van der Waals surface area contributed by atoms with Gasteiger partial charge in [0.2, 0.25) is 0 Å². The molecule has 1 heterocycles. The average Bonchev–Trinajstić information content (AvgIpc) is 2.02. The lowest BCUT2D eigenvalue weighted by Crippen LogP contribution is -2.57. The molecule has 0 amide bonds. The third-order valence-electron chi connectivity index (χ3n) is 2.16. The van der Waals surface area contributed by atoms with Crippen molar-refractivity contribution < 1.29 is 7.31 Å². The van der Waals surface area contributed by atoms with Gasteiger partial charge in [0.05, 0.1) is 0 Å². The topological polar surface area (TPSA) is 12.0 Å². The van der Waals surface area contributed by atoms with Crippen LogP contribution >= 0.6 is 0 Å². The zero-order chi connectivity index (χ0) is 13.6. The van der Waals surface area contributed by atoms with Crippen molar-refractivity contribution in [1.82, 2.24) is 5.32 Å². The lowest BCUT2D eigenvalue weighted by Gasteiger charge is -2.45. The van der Waals surface area contributed by atoms with E-state index < -0.39 is 0 Å². The van der Waals surface area contributed by atoms with Gasteiger partial charge in [-0.3, -0.25) is 0 Å². The fourth-order valence-electron chi connectivity index (χ4n) is 2.58. The summed E-state index contributed by atoms with van der Waals surface area (Å²) in [4.78, 5) is 0. The molecule has 1 fully saturated rings. The largest absolute Gasteiger partial charge is 0.307 e. The monoisotopic (exact) mass is 169 g/mol. The Morgan fingerprint density at radius 3 is 2.00 bits per heavy atom. The Balaban J connectivity index is 0. The maximum absolute atomic E-state index is 8.10. The summed E-state index contributed by atoms with van der Waals surface area (Å²) in [6.07, 6.45) is 1.87. The van der Waals surface area contributed by atoms with E-state index in [2.05, 4.69) is 33.0 Å². The van der Waals surface area contributed by atoms with E-state index in [1.54, 1.807) is 0 Å². The van der Waals surface area contributed by atoms with E-state index in [4.69, 9.17) is 7.31 Å². The minimum Gasteiger partial charge on any atom is -0.307 e. The first-order valence-corrected chi connectivity index (χ1v) is 4.41. The molecule has 0 radical (unpaired) electrons. The van der Waals surface area contributed by atoms with E-state index in [1.165, 1.54) is 0 Å². The van der Waals surface area contributed by atoms with Crippen LogP contribution in [0.1, 0.15) is 54.8 Å². The molecule has 0 aromatic carbocycles. The Bertz CT molecular complexity index is 146. The van der Waals surface area contributed by atoms with Crippen LogP contribution in [-0.4, -0.2) is 11.1 Å². The fraction of sp³-hybridized carbons (Fsp3) is 1.00. The molecule has 0 unspecified atom stereocenters. The highest BCUT2D eigenvalue weighted by atomic mass is 15.0. The summed E-state index contributed by atoms with van der Waals surface area (Å²) in [5.74, 6) is -0.266. The molecule has 1 nitrogen and oxygen atoms in total. The molecule has 0 saturated carbocycles. The summed E-state index contributed by atoms with van der Waals surface area (Å²) >= 11 is 0. The van der Waals surface area contributed by atoms with E-state index in [0.29, 0.717) is 0 Å². The van der Waals surface area contributed by atoms with Gasteiger partial charge in [0.15, 0.2) is 0 Å². The molecule has 0 bridgehead atoms. The summed E-state index contributed by atoms with van der Waals surface area (Å²) in [5, 5.41) is 3.57. The first-order valence-electron chi connectivity index (χ1n) is 6.91. The molecule has 1 saturated heterocycles. The van der Waals surface area contributed by atoms with Crippen LogP contribution in [0.15, 0.2) is 0 Å². The molecular weight excluding hydrogens is 134 g/mol. The summed E-state index contributed by atoms with van der Waals surface area (Å²) < 4.78 is 28.1. The first kappa shape index (κ1) is 5.58. The molecule has 1 N–H and O–H groups in total. The lowest BCUT2D eigenvalue weighted by molar-refractivity contribution is 0.138. The minimum absolute atomic E-state index is 0.109. The van der Waals surface area contributed by atoms with Gasteiger partial charge in [-0.1, -0.05) is 6.92 Å². The molecule has 70 valence electrons. The van der Waals surface area contributed by atoms with Gasteiger partial charge in [-0.05, 0) is 46.4 Å². The zero-order valence-corrected chi connectivity index (χ0v) is 8.41. The second-order valence-electron chi connectivity index (χ2n) is 5.20. The minimum atomic E-state index is -0.266. The molecule has 0 atom stereocenters. The van der Waals surface area contributed by atoms with Crippen molar-refractivity contribution in [2.75, 3.05) is 0 Å². The van der Waals surface area contributed by atoms with Crippen molar-refractivity contribution in [3.8, 4) is 0 Å². The highest BCUT2D eigenvalue weighted by molar-refractivity contribution is 4.95. The van der Waals surface area contributed by atoms with E-state index in [0.717, 1.165) is 12.8 Å². The molecule has 1 aliphatic heterocycles. The highest BCUT2D eigenvalue weighted by Gasteiger charge is 2.35. The predicted molar refractivity (Wildman–Crippen MR) is 53.9 cm³/mol. The van der Waals surface area contributed by atoms with Gasteiger partial charge in [0.1, 0.15) is 0 Å². The SMILES string of the molecule is [3H]C1(C)CC(C)(C)NC(C)(C)C1.[3H][3H].[3H][3H]. The maximum Gasteiger partial charge on any atom is 0.0301 e. The molecule has 0 aromatic heterocycles. The number of hydrogen-bond acceptors (Lipinski definition) is 1. The summed E-state index contributed by atoms with van der Waals surface area (Å²) in [5.41, 5.74) is 0.219. The van der Waals surface area contributed by atoms with Crippen LogP contribution in [0.25, 0.3) is 0 Å². The molecule has 0 spiro atoms. The molecule has 1 aliphatic rings. The van der Waals surface area contributed by atoms with Crippen LogP contribution in [-0.2, 0) is 0 Å². The lowest BCUT2D eigenvalue weighted by atomic mass is 9.77. The van der Waals surface area contributed by atoms with Crippen LogP contribution < -0.4 is 5.32 Å². The van der Waals surface area contributed by atoms with E-state index in [-0.39, 0.29) is 17.0 Å². The van der Waals surface area contributed by atoms with Gasteiger partial charge >= 0.3 is 0 Å². The third kappa shape index (κ3) is 2.48. The molecule has 0 aliphatic carbocycles. The van der Waals surface area contributed by atoms with Gasteiger partial charge < -0.3 is 5.32 Å². The van der Waals surface area contributed by atoms with Gasteiger partial charge in [-0.2, -0.15) is 0 Å². The van der Waals surface area contributed by atoms with Gasteiger partial charge in [-0.15, -0.1) is 0 Å². The standard InChI is InChI=1S/C10H21N.2H2/c1-8-6-9(2,3)11-10(4,5)7-8;;/h8,11H,6-7H2,1-5H3;2*1H/i8T;2*1+2T. The molecule has 1 heteroatoms. The van der Waals surface area contributed by atoms with Crippen LogP contribution in [0.5, 0.6) is 0 Å². The number of nitrogens with one attached hydrogen (secondary N) is 1. The van der Waals surface area contributed by atoms with Crippen molar-refractivity contribution in [3.05, 3.63) is 0 Å². The van der Waals surface area contributed by atoms with Crippen LogP contribution in [0.3, 0.4) is 0 Å². The summed E-state index contributed by atoms with van der Waals surface area (Å²) in [7, 11) is 0. The number of hydrogen-bond donors (Lipinski definition) is 1. The Morgan fingerprint density at radius 2 is 1.73 bits per heavy atom. The van der Waals surface area contributed by atoms with Crippen LogP contribution in [0.2, 0.25) is 0 Å². The fourth-order valence-corrected chi connectivity index (χ4v) is 2.58. The second-order valence-corrected chi connectivity index (χ2v) is 5.20. The first-order chi connectivity index (χ1) is 7.12. The Labute approximate surface area is 78.1 Å². The number of piperidine rings is 1. The van der Waals surface area contributed by atoms with Crippen molar-refractivity contribution in [3.63, 3.8) is 0 Å². The predicted octanol–water partition coefficient (Wildman–Crippen LogP) is 3.06. The van der Waals surface area contributed by atoms with Gasteiger partial charge in [0, 0.05) is 18.4 Å². The Morgan fingerprint density at radius 1 is 1.36 bits per heavy atom. The maximum atomic E-state index is 8.10. The molecule has 11 heavy (non-hydrogen) atoms. The Hall–Kier alpha value is -0.0400. The average molecular weight is 169 g/mol. The summed E-state index contributed by atoms with van der Waals surface area (Å²) in [6, 6.07) is 0. The quantitative estimate of drug-likeness (QED) is 0.588. The number of rotatable bonds is 0. The van der Waals surface area contributed by atoms with Crippen molar-refractivity contribution >= 4 is 0 Å². The zero-order valence-electron chi connectivity index (χ0n) is 13.4. The van der Waals surface area contributed by atoms with Gasteiger partial charge in [0.25, 0.3) is 0 Å². The summed E-state index contributed by atoms with van der Waals surface area (Å²) in [6.45, 7) is 10.8.